The van der Waals surface area contributed by atoms with Gasteiger partial charge in [-0.1, -0.05) is 24.3 Å². The summed E-state index contributed by atoms with van der Waals surface area (Å²) in [5, 5.41) is 0. The maximum Gasteiger partial charge on any atom is 0.163 e. The fourth-order valence-electron chi connectivity index (χ4n) is 3.06. The zero-order chi connectivity index (χ0) is 11.8. The highest BCUT2D eigenvalue weighted by molar-refractivity contribution is 5.99. The van der Waals surface area contributed by atoms with E-state index < -0.39 is 0 Å². The number of benzene rings is 1. The van der Waals surface area contributed by atoms with E-state index in [9.17, 15) is 4.79 Å². The SMILES string of the molecule is COC1=C[C@@H]2c3ccccc3C(=O)C[C@@H]2CC1. The first kappa shape index (κ1) is 10.6. The zero-order valence-electron chi connectivity index (χ0n) is 9.98. The molecule has 1 aromatic carbocycles. The van der Waals surface area contributed by atoms with E-state index in [4.69, 9.17) is 4.74 Å². The first-order valence-corrected chi connectivity index (χ1v) is 6.16. The third kappa shape index (κ3) is 1.68. The molecule has 3 rings (SSSR count). The molecule has 0 radical (unpaired) electrons. The summed E-state index contributed by atoms with van der Waals surface area (Å²) < 4.78 is 5.36. The molecule has 0 bridgehead atoms. The number of rotatable bonds is 1. The molecule has 2 atom stereocenters. The van der Waals surface area contributed by atoms with Crippen molar-refractivity contribution in [2.45, 2.75) is 25.2 Å². The van der Waals surface area contributed by atoms with Crippen molar-refractivity contribution < 1.29 is 9.53 Å². The molecule has 2 heteroatoms. The van der Waals surface area contributed by atoms with Crippen molar-refractivity contribution in [2.24, 2.45) is 5.92 Å². The van der Waals surface area contributed by atoms with Crippen molar-refractivity contribution in [1.29, 1.82) is 0 Å². The molecule has 0 heterocycles. The molecule has 0 saturated carbocycles. The van der Waals surface area contributed by atoms with E-state index in [1.165, 1.54) is 5.56 Å². The van der Waals surface area contributed by atoms with E-state index >= 15 is 0 Å². The third-order valence-electron chi connectivity index (χ3n) is 3.96. The number of fused-ring (bicyclic) bond motifs is 3. The number of Topliss-reactive ketones (excluding diaryl/α,β-unsaturated/α-hetero) is 1. The van der Waals surface area contributed by atoms with Crippen LogP contribution in [0.15, 0.2) is 36.1 Å². The Morgan fingerprint density at radius 1 is 1.29 bits per heavy atom. The highest BCUT2D eigenvalue weighted by Gasteiger charge is 2.35. The Kier molecular flexibility index (Phi) is 2.50. The van der Waals surface area contributed by atoms with Crippen LogP contribution >= 0.6 is 0 Å². The van der Waals surface area contributed by atoms with Crippen molar-refractivity contribution in [3.8, 4) is 0 Å². The molecule has 0 spiro atoms. The van der Waals surface area contributed by atoms with E-state index in [-0.39, 0.29) is 0 Å². The van der Waals surface area contributed by atoms with Crippen LogP contribution in [0, 0.1) is 5.92 Å². The number of ether oxygens (including phenoxy) is 1. The van der Waals surface area contributed by atoms with Gasteiger partial charge in [-0.15, -0.1) is 0 Å². The minimum Gasteiger partial charge on any atom is -0.501 e. The standard InChI is InChI=1S/C15H16O2/c1-17-11-7-6-10-8-15(16)13-5-3-2-4-12(13)14(10)9-11/h2-5,9-10,14H,6-8H2,1H3/t10-,14-/m0/s1. The second-order valence-corrected chi connectivity index (χ2v) is 4.88. The van der Waals surface area contributed by atoms with Crippen molar-refractivity contribution in [1.82, 2.24) is 0 Å². The summed E-state index contributed by atoms with van der Waals surface area (Å²) in [6.45, 7) is 0. The number of carbonyl (C=O) groups is 1. The predicted octanol–water partition coefficient (Wildman–Crippen LogP) is 3.30. The lowest BCUT2D eigenvalue weighted by molar-refractivity contribution is 0.0932. The number of ketones is 1. The van der Waals surface area contributed by atoms with Crippen LogP contribution < -0.4 is 0 Å². The minimum atomic E-state index is 0.302. The molecule has 0 aliphatic heterocycles. The van der Waals surface area contributed by atoms with Crippen LogP contribution in [-0.2, 0) is 4.74 Å². The van der Waals surface area contributed by atoms with Gasteiger partial charge in [-0.25, -0.2) is 0 Å². The smallest absolute Gasteiger partial charge is 0.163 e. The van der Waals surface area contributed by atoms with Crippen LogP contribution in [0.4, 0.5) is 0 Å². The molecule has 0 fully saturated rings. The van der Waals surface area contributed by atoms with Gasteiger partial charge in [0, 0.05) is 24.3 Å². The molecule has 17 heavy (non-hydrogen) atoms. The molecule has 0 aromatic heterocycles. The average Bonchev–Trinajstić information content (AvgIpc) is 2.39. The molecule has 0 N–H and O–H groups in total. The van der Waals surface area contributed by atoms with E-state index in [1.807, 2.05) is 18.2 Å². The summed E-state index contributed by atoms with van der Waals surface area (Å²) in [6, 6.07) is 7.99. The van der Waals surface area contributed by atoms with Crippen molar-refractivity contribution in [3.05, 3.63) is 47.2 Å². The average molecular weight is 228 g/mol. The highest BCUT2D eigenvalue weighted by atomic mass is 16.5. The van der Waals surface area contributed by atoms with Crippen LogP contribution in [0.3, 0.4) is 0 Å². The van der Waals surface area contributed by atoms with Gasteiger partial charge in [0.25, 0.3) is 0 Å². The van der Waals surface area contributed by atoms with Crippen LogP contribution in [0.25, 0.3) is 0 Å². The van der Waals surface area contributed by atoms with Crippen LogP contribution in [0.5, 0.6) is 0 Å². The van der Waals surface area contributed by atoms with Crippen molar-refractivity contribution in [2.75, 3.05) is 7.11 Å². The van der Waals surface area contributed by atoms with Gasteiger partial charge in [0.1, 0.15) is 0 Å². The number of hydrogen-bond acceptors (Lipinski definition) is 2. The van der Waals surface area contributed by atoms with E-state index in [2.05, 4.69) is 12.1 Å². The Bertz CT molecular complexity index is 487. The molecule has 0 saturated heterocycles. The molecular formula is C15H16O2. The lowest BCUT2D eigenvalue weighted by atomic mass is 9.70. The van der Waals surface area contributed by atoms with E-state index in [0.717, 1.165) is 24.2 Å². The predicted molar refractivity (Wildman–Crippen MR) is 65.9 cm³/mol. The fourth-order valence-corrected chi connectivity index (χ4v) is 3.06. The Balaban J connectivity index is 2.08. The summed E-state index contributed by atoms with van der Waals surface area (Å²) in [7, 11) is 1.73. The second kappa shape index (κ2) is 4.02. The minimum absolute atomic E-state index is 0.302. The normalized spacial score (nSPS) is 26.9. The first-order valence-electron chi connectivity index (χ1n) is 6.16. The molecule has 88 valence electrons. The molecule has 2 nitrogen and oxygen atoms in total. The zero-order valence-corrected chi connectivity index (χ0v) is 9.98. The van der Waals surface area contributed by atoms with Gasteiger partial charge in [-0.05, 0) is 24.0 Å². The quantitative estimate of drug-likeness (QED) is 0.737. The van der Waals surface area contributed by atoms with Crippen molar-refractivity contribution in [3.63, 3.8) is 0 Å². The summed E-state index contributed by atoms with van der Waals surface area (Å²) in [4.78, 5) is 12.0. The Morgan fingerprint density at radius 3 is 2.94 bits per heavy atom. The summed E-state index contributed by atoms with van der Waals surface area (Å²) in [5.41, 5.74) is 2.09. The van der Waals surface area contributed by atoms with Gasteiger partial charge >= 0.3 is 0 Å². The highest BCUT2D eigenvalue weighted by Crippen LogP contribution is 2.43. The first-order chi connectivity index (χ1) is 8.29. The van der Waals surface area contributed by atoms with E-state index in [1.54, 1.807) is 7.11 Å². The van der Waals surface area contributed by atoms with Gasteiger partial charge in [-0.2, -0.15) is 0 Å². The van der Waals surface area contributed by atoms with Crippen molar-refractivity contribution >= 4 is 5.78 Å². The van der Waals surface area contributed by atoms with E-state index in [0.29, 0.717) is 24.0 Å². The monoisotopic (exact) mass is 228 g/mol. The molecule has 0 unspecified atom stereocenters. The van der Waals surface area contributed by atoms with Crippen LogP contribution in [0.1, 0.15) is 41.1 Å². The van der Waals surface area contributed by atoms with Gasteiger partial charge in [-0.3, -0.25) is 4.79 Å². The maximum absolute atomic E-state index is 12.0. The van der Waals surface area contributed by atoms with Gasteiger partial charge in [0.15, 0.2) is 5.78 Å². The molecule has 2 aliphatic carbocycles. The fraction of sp³-hybridized carbons (Fsp3) is 0.400. The van der Waals surface area contributed by atoms with Crippen LogP contribution in [0.2, 0.25) is 0 Å². The molecule has 1 aromatic rings. The number of hydrogen-bond donors (Lipinski definition) is 0. The molecular weight excluding hydrogens is 212 g/mol. The number of allylic oxidation sites excluding steroid dienone is 2. The molecule has 0 amide bonds. The summed E-state index contributed by atoms with van der Waals surface area (Å²) in [6.07, 6.45) is 4.92. The number of methoxy groups -OCH3 is 1. The lowest BCUT2D eigenvalue weighted by Crippen LogP contribution is -2.26. The van der Waals surface area contributed by atoms with Gasteiger partial charge in [0.2, 0.25) is 0 Å². The summed E-state index contributed by atoms with van der Waals surface area (Å²) >= 11 is 0. The van der Waals surface area contributed by atoms with Gasteiger partial charge < -0.3 is 4.74 Å². The Labute approximate surface area is 101 Å². The lowest BCUT2D eigenvalue weighted by Gasteiger charge is -2.34. The Hall–Kier alpha value is -1.57. The second-order valence-electron chi connectivity index (χ2n) is 4.88. The third-order valence-corrected chi connectivity index (χ3v) is 3.96. The maximum atomic E-state index is 12.0. The number of carbonyl (C=O) groups excluding carboxylic acids is 1. The largest absolute Gasteiger partial charge is 0.501 e. The summed E-state index contributed by atoms with van der Waals surface area (Å²) in [5.74, 6) is 2.20. The van der Waals surface area contributed by atoms with Gasteiger partial charge in [0.05, 0.1) is 12.9 Å². The van der Waals surface area contributed by atoms with Crippen LogP contribution in [-0.4, -0.2) is 12.9 Å². The molecule has 2 aliphatic rings. The topological polar surface area (TPSA) is 26.3 Å². The Morgan fingerprint density at radius 2 is 2.12 bits per heavy atom.